The molecule has 0 saturated heterocycles. The standard InChI is InChI=1S/C18H14O.C18H40P/c19-18-16(14-8-3-1-4-9-14)12-7-13-17(18)15-10-5-2-6-11-15;1-5-9-13-14-18-19(15-10-6-2,16-11-7-3)17-12-8-4/h1-13,19H;5-18H2,1-4H3/q;+1. The van der Waals surface area contributed by atoms with Crippen LogP contribution in [0.25, 0.3) is 22.3 Å². The summed E-state index contributed by atoms with van der Waals surface area (Å²) in [5.41, 5.74) is 3.78. The summed E-state index contributed by atoms with van der Waals surface area (Å²) in [7, 11) is -0.586. The van der Waals surface area contributed by atoms with Crippen LogP contribution in [0.2, 0.25) is 0 Å². The Balaban J connectivity index is 0.000000267. The predicted octanol–water partition coefficient (Wildman–Crippen LogP) is 11.7. The van der Waals surface area contributed by atoms with Crippen LogP contribution in [0.3, 0.4) is 0 Å². The second kappa shape index (κ2) is 19.0. The minimum atomic E-state index is -0.586. The number of phenols is 1. The van der Waals surface area contributed by atoms with Crippen LogP contribution in [-0.2, 0) is 0 Å². The first kappa shape index (κ1) is 32.1. The van der Waals surface area contributed by atoms with Gasteiger partial charge in [-0.25, -0.2) is 0 Å². The van der Waals surface area contributed by atoms with Gasteiger partial charge in [-0.2, -0.15) is 0 Å². The monoisotopic (exact) mass is 533 g/mol. The summed E-state index contributed by atoms with van der Waals surface area (Å²) in [6.45, 7) is 9.43. The van der Waals surface area contributed by atoms with E-state index in [0.717, 1.165) is 22.3 Å². The Labute approximate surface area is 235 Å². The minimum absolute atomic E-state index is 0.333. The first-order chi connectivity index (χ1) is 18.6. The SMILES string of the molecule is CCCCCC[P+](CCCC)(CCCC)CCCC.Oc1c(-c2ccccc2)cccc1-c1ccccc1. The normalized spacial score (nSPS) is 11.2. The average Bonchev–Trinajstić information content (AvgIpc) is 2.97. The zero-order valence-electron chi connectivity index (χ0n) is 24.8. The van der Waals surface area contributed by atoms with Crippen molar-refractivity contribution in [2.75, 3.05) is 24.6 Å². The number of aromatic hydroxyl groups is 1. The van der Waals surface area contributed by atoms with Crippen LogP contribution < -0.4 is 0 Å². The molecule has 1 N–H and O–H groups in total. The topological polar surface area (TPSA) is 20.2 Å². The number of para-hydroxylation sites is 1. The van der Waals surface area contributed by atoms with E-state index in [9.17, 15) is 5.11 Å². The van der Waals surface area contributed by atoms with Crippen LogP contribution in [0.15, 0.2) is 78.9 Å². The van der Waals surface area contributed by atoms with Gasteiger partial charge in [0.15, 0.2) is 0 Å². The van der Waals surface area contributed by atoms with Crippen molar-refractivity contribution in [2.24, 2.45) is 0 Å². The molecule has 0 unspecified atom stereocenters. The first-order valence-corrected chi connectivity index (χ1v) is 17.9. The third-order valence-corrected chi connectivity index (χ3v) is 12.7. The summed E-state index contributed by atoms with van der Waals surface area (Å²) >= 11 is 0. The Morgan fingerprint density at radius 1 is 0.447 bits per heavy atom. The van der Waals surface area contributed by atoms with Crippen molar-refractivity contribution in [3.8, 4) is 28.0 Å². The van der Waals surface area contributed by atoms with Gasteiger partial charge in [-0.1, -0.05) is 139 Å². The van der Waals surface area contributed by atoms with E-state index in [1.807, 2.05) is 78.9 Å². The van der Waals surface area contributed by atoms with E-state index < -0.39 is 7.26 Å². The molecule has 0 bridgehead atoms. The summed E-state index contributed by atoms with van der Waals surface area (Å²) in [5.74, 6) is 0.333. The van der Waals surface area contributed by atoms with Crippen LogP contribution in [0, 0.1) is 0 Å². The zero-order chi connectivity index (χ0) is 27.5. The zero-order valence-corrected chi connectivity index (χ0v) is 25.7. The van der Waals surface area contributed by atoms with Crippen molar-refractivity contribution < 1.29 is 5.11 Å². The maximum Gasteiger partial charge on any atom is 0.131 e. The van der Waals surface area contributed by atoms with E-state index in [4.69, 9.17) is 0 Å². The van der Waals surface area contributed by atoms with Gasteiger partial charge >= 0.3 is 0 Å². The maximum atomic E-state index is 10.5. The molecule has 1 nitrogen and oxygen atoms in total. The van der Waals surface area contributed by atoms with Crippen LogP contribution in [0.1, 0.15) is 91.9 Å². The molecule has 208 valence electrons. The molecule has 38 heavy (non-hydrogen) atoms. The van der Waals surface area contributed by atoms with E-state index in [0.29, 0.717) is 5.75 Å². The van der Waals surface area contributed by atoms with Crippen LogP contribution in [0.4, 0.5) is 0 Å². The molecule has 0 radical (unpaired) electrons. The van der Waals surface area contributed by atoms with E-state index in [1.54, 1.807) is 24.6 Å². The Morgan fingerprint density at radius 2 is 0.842 bits per heavy atom. The Hall–Kier alpha value is -2.11. The number of unbranched alkanes of at least 4 members (excludes halogenated alkanes) is 6. The molecule has 0 atom stereocenters. The molecule has 3 rings (SSSR count). The molecular weight excluding hydrogens is 479 g/mol. The molecule has 0 amide bonds. The van der Waals surface area contributed by atoms with Gasteiger partial charge in [-0.05, 0) is 43.2 Å². The molecule has 3 aromatic carbocycles. The fourth-order valence-corrected chi connectivity index (χ4v) is 10.5. The molecule has 3 aromatic rings. The van der Waals surface area contributed by atoms with Crippen molar-refractivity contribution in [3.05, 3.63) is 78.9 Å². The summed E-state index contributed by atoms with van der Waals surface area (Å²) in [6, 6.07) is 25.7. The third-order valence-electron chi connectivity index (χ3n) is 7.65. The van der Waals surface area contributed by atoms with Gasteiger partial charge in [0.1, 0.15) is 5.75 Å². The molecule has 0 saturated carbocycles. The molecule has 0 aliphatic heterocycles. The molecule has 0 fully saturated rings. The third kappa shape index (κ3) is 10.9. The minimum Gasteiger partial charge on any atom is -0.507 e. The molecule has 0 heterocycles. The number of hydrogen-bond donors (Lipinski definition) is 1. The van der Waals surface area contributed by atoms with Crippen molar-refractivity contribution in [2.45, 2.75) is 91.9 Å². The van der Waals surface area contributed by atoms with Crippen molar-refractivity contribution >= 4 is 7.26 Å². The predicted molar refractivity (Wildman–Crippen MR) is 174 cm³/mol. The number of rotatable bonds is 16. The summed E-state index contributed by atoms with van der Waals surface area (Å²) in [5, 5.41) is 10.5. The van der Waals surface area contributed by atoms with E-state index in [2.05, 4.69) is 27.7 Å². The molecule has 0 aromatic heterocycles. The van der Waals surface area contributed by atoms with Crippen LogP contribution in [-0.4, -0.2) is 29.8 Å². The molecule has 2 heteroatoms. The smallest absolute Gasteiger partial charge is 0.131 e. The highest BCUT2D eigenvalue weighted by Crippen LogP contribution is 2.61. The Kier molecular flexibility index (Phi) is 16.1. The van der Waals surface area contributed by atoms with Gasteiger partial charge in [-0.3, -0.25) is 0 Å². The molecular formula is C36H54OP+. The van der Waals surface area contributed by atoms with Gasteiger partial charge < -0.3 is 5.11 Å². The number of benzene rings is 3. The van der Waals surface area contributed by atoms with Crippen molar-refractivity contribution in [3.63, 3.8) is 0 Å². The second-order valence-corrected chi connectivity index (χ2v) is 15.3. The fraction of sp³-hybridized carbons (Fsp3) is 0.500. The first-order valence-electron chi connectivity index (χ1n) is 15.4. The van der Waals surface area contributed by atoms with Crippen molar-refractivity contribution in [1.29, 1.82) is 0 Å². The van der Waals surface area contributed by atoms with Gasteiger partial charge in [0, 0.05) is 18.4 Å². The fourth-order valence-electron chi connectivity index (χ4n) is 5.27. The number of phenolic OH excluding ortho intramolecular Hbond substituents is 1. The lowest BCUT2D eigenvalue weighted by Gasteiger charge is -2.28. The number of hydrogen-bond acceptors (Lipinski definition) is 1. The highest BCUT2D eigenvalue weighted by molar-refractivity contribution is 7.75. The second-order valence-electron chi connectivity index (χ2n) is 10.8. The van der Waals surface area contributed by atoms with Gasteiger partial charge in [0.25, 0.3) is 0 Å². The summed E-state index contributed by atoms with van der Waals surface area (Å²) < 4.78 is 0. The highest BCUT2D eigenvalue weighted by Gasteiger charge is 2.34. The van der Waals surface area contributed by atoms with Crippen molar-refractivity contribution in [1.82, 2.24) is 0 Å². The molecule has 0 spiro atoms. The molecule has 0 aliphatic carbocycles. The van der Waals surface area contributed by atoms with Gasteiger partial charge in [0.05, 0.1) is 24.6 Å². The summed E-state index contributed by atoms with van der Waals surface area (Å²) in [6.07, 6.45) is 21.0. The maximum absolute atomic E-state index is 10.5. The van der Waals surface area contributed by atoms with E-state index in [-0.39, 0.29) is 0 Å². The van der Waals surface area contributed by atoms with E-state index >= 15 is 0 Å². The van der Waals surface area contributed by atoms with Gasteiger partial charge in [-0.15, -0.1) is 0 Å². The lowest BCUT2D eigenvalue weighted by molar-refractivity contribution is 0.479. The summed E-state index contributed by atoms with van der Waals surface area (Å²) in [4.78, 5) is 0. The lowest BCUT2D eigenvalue weighted by atomic mass is 9.97. The quantitative estimate of drug-likeness (QED) is 0.143. The average molecular weight is 534 g/mol. The Morgan fingerprint density at radius 3 is 1.24 bits per heavy atom. The van der Waals surface area contributed by atoms with Crippen LogP contribution in [0.5, 0.6) is 5.75 Å². The largest absolute Gasteiger partial charge is 0.507 e. The highest BCUT2D eigenvalue weighted by atomic mass is 31.2. The lowest BCUT2D eigenvalue weighted by Crippen LogP contribution is -2.12. The van der Waals surface area contributed by atoms with Gasteiger partial charge in [0.2, 0.25) is 0 Å². The van der Waals surface area contributed by atoms with E-state index in [1.165, 1.54) is 64.2 Å². The molecule has 0 aliphatic rings. The Bertz CT molecular complexity index is 903. The van der Waals surface area contributed by atoms with Crippen LogP contribution >= 0.6 is 7.26 Å².